The number of halogens is 2. The van der Waals surface area contributed by atoms with Gasteiger partial charge in [0.2, 0.25) is 11.8 Å². The predicted molar refractivity (Wildman–Crippen MR) is 92.6 cm³/mol. The third-order valence-corrected chi connectivity index (χ3v) is 5.02. The molecule has 1 fully saturated rings. The first-order chi connectivity index (χ1) is 10.9. The molecule has 2 amide bonds. The van der Waals surface area contributed by atoms with E-state index in [4.69, 9.17) is 23.2 Å². The highest BCUT2D eigenvalue weighted by Crippen LogP contribution is 2.26. The van der Waals surface area contributed by atoms with Gasteiger partial charge in [-0.3, -0.25) is 9.59 Å². The minimum atomic E-state index is -0.562. The van der Waals surface area contributed by atoms with Gasteiger partial charge in [0.1, 0.15) is 6.04 Å². The van der Waals surface area contributed by atoms with Crippen LogP contribution in [0.3, 0.4) is 0 Å². The Kier molecular flexibility index (Phi) is 6.31. The Morgan fingerprint density at radius 3 is 2.35 bits per heavy atom. The van der Waals surface area contributed by atoms with Crippen LogP contribution >= 0.6 is 23.2 Å². The van der Waals surface area contributed by atoms with E-state index < -0.39 is 6.04 Å². The monoisotopic (exact) mass is 356 g/mol. The molecule has 6 heteroatoms. The lowest BCUT2D eigenvalue weighted by Gasteiger charge is -2.20. The van der Waals surface area contributed by atoms with E-state index in [1.165, 1.54) is 0 Å². The summed E-state index contributed by atoms with van der Waals surface area (Å²) in [6.45, 7) is 3.56. The zero-order chi connectivity index (χ0) is 17.0. The van der Waals surface area contributed by atoms with Crippen LogP contribution in [0, 0.1) is 5.92 Å². The fourth-order valence-electron chi connectivity index (χ4n) is 2.79. The van der Waals surface area contributed by atoms with Crippen molar-refractivity contribution in [3.8, 4) is 0 Å². The van der Waals surface area contributed by atoms with Crippen LogP contribution in [0.25, 0.3) is 0 Å². The van der Waals surface area contributed by atoms with E-state index in [1.807, 2.05) is 13.0 Å². The predicted octanol–water partition coefficient (Wildman–Crippen LogP) is 3.87. The van der Waals surface area contributed by atoms with Gasteiger partial charge in [-0.05, 0) is 44.4 Å². The normalized spacial score (nSPS) is 17.6. The first kappa shape index (κ1) is 18.1. The summed E-state index contributed by atoms with van der Waals surface area (Å²) in [7, 11) is 0. The molecule has 0 spiro atoms. The molecule has 2 atom stereocenters. The van der Waals surface area contributed by atoms with E-state index in [0.29, 0.717) is 10.0 Å². The lowest BCUT2D eigenvalue weighted by molar-refractivity contribution is -0.131. The van der Waals surface area contributed by atoms with Gasteiger partial charge in [0.15, 0.2) is 0 Å². The van der Waals surface area contributed by atoms with Crippen molar-refractivity contribution in [2.45, 2.75) is 51.6 Å². The minimum Gasteiger partial charge on any atom is -0.348 e. The third-order valence-electron chi connectivity index (χ3n) is 4.28. The van der Waals surface area contributed by atoms with Crippen molar-refractivity contribution in [1.82, 2.24) is 10.6 Å². The number of carbonyl (C=O) groups is 2. The van der Waals surface area contributed by atoms with Gasteiger partial charge >= 0.3 is 0 Å². The van der Waals surface area contributed by atoms with Crippen molar-refractivity contribution < 1.29 is 9.59 Å². The molecule has 23 heavy (non-hydrogen) atoms. The average Bonchev–Trinajstić information content (AvgIpc) is 3.04. The van der Waals surface area contributed by atoms with Gasteiger partial charge in [0.05, 0.1) is 16.1 Å². The summed E-state index contributed by atoms with van der Waals surface area (Å²) in [5.74, 6) is -0.181. The van der Waals surface area contributed by atoms with Crippen molar-refractivity contribution in [2.24, 2.45) is 5.92 Å². The number of carbonyl (C=O) groups excluding carboxylic acids is 2. The molecule has 1 saturated carbocycles. The van der Waals surface area contributed by atoms with E-state index in [0.717, 1.165) is 31.2 Å². The molecular weight excluding hydrogens is 335 g/mol. The molecular formula is C17H22Cl2N2O2. The topological polar surface area (TPSA) is 58.2 Å². The summed E-state index contributed by atoms with van der Waals surface area (Å²) in [6.07, 6.45) is 4.01. The third kappa shape index (κ3) is 4.85. The maximum absolute atomic E-state index is 12.2. The van der Waals surface area contributed by atoms with Crippen molar-refractivity contribution in [2.75, 3.05) is 0 Å². The number of benzene rings is 1. The molecule has 1 aliphatic rings. The molecule has 4 nitrogen and oxygen atoms in total. The molecule has 0 aliphatic heterocycles. The summed E-state index contributed by atoms with van der Waals surface area (Å²) in [5.41, 5.74) is 0.863. The van der Waals surface area contributed by atoms with Crippen LogP contribution in [0.5, 0.6) is 0 Å². The molecule has 0 bridgehead atoms. The largest absolute Gasteiger partial charge is 0.348 e. The maximum atomic E-state index is 12.2. The molecule has 0 unspecified atom stereocenters. The van der Waals surface area contributed by atoms with Gasteiger partial charge in [-0.2, -0.15) is 0 Å². The molecule has 1 aromatic rings. The molecule has 0 radical (unpaired) electrons. The number of amides is 2. The Labute approximate surface area is 146 Å². The second-order valence-corrected chi connectivity index (χ2v) is 6.93. The van der Waals surface area contributed by atoms with Gasteiger partial charge in [0.25, 0.3) is 0 Å². The van der Waals surface area contributed by atoms with Crippen molar-refractivity contribution in [3.05, 3.63) is 33.8 Å². The Bertz CT molecular complexity index is 586. The van der Waals surface area contributed by atoms with E-state index in [2.05, 4.69) is 10.6 Å². The lowest BCUT2D eigenvalue weighted by atomic mass is 10.1. The van der Waals surface area contributed by atoms with Crippen LogP contribution in [0.4, 0.5) is 0 Å². The highest BCUT2D eigenvalue weighted by atomic mass is 35.5. The highest BCUT2D eigenvalue weighted by molar-refractivity contribution is 6.42. The van der Waals surface area contributed by atoms with E-state index >= 15 is 0 Å². The summed E-state index contributed by atoms with van der Waals surface area (Å²) in [4.78, 5) is 24.3. The molecule has 0 heterocycles. The molecule has 0 aromatic heterocycles. The fourth-order valence-corrected chi connectivity index (χ4v) is 3.09. The Morgan fingerprint density at radius 1 is 1.09 bits per heavy atom. The molecule has 2 N–H and O–H groups in total. The average molecular weight is 357 g/mol. The van der Waals surface area contributed by atoms with E-state index in [9.17, 15) is 9.59 Å². The summed E-state index contributed by atoms with van der Waals surface area (Å²) in [6, 6.07) is 4.47. The van der Waals surface area contributed by atoms with Crippen LogP contribution in [-0.2, 0) is 9.59 Å². The van der Waals surface area contributed by atoms with Crippen LogP contribution < -0.4 is 10.6 Å². The second-order valence-electron chi connectivity index (χ2n) is 6.12. The lowest BCUT2D eigenvalue weighted by Crippen LogP contribution is -2.47. The first-order valence-electron chi connectivity index (χ1n) is 7.94. The summed E-state index contributed by atoms with van der Waals surface area (Å²) < 4.78 is 0. The number of hydrogen-bond donors (Lipinski definition) is 2. The van der Waals surface area contributed by atoms with Crippen molar-refractivity contribution >= 4 is 35.0 Å². The van der Waals surface area contributed by atoms with Crippen LogP contribution in [0.2, 0.25) is 10.0 Å². The molecule has 1 aliphatic carbocycles. The van der Waals surface area contributed by atoms with E-state index in [1.54, 1.807) is 19.1 Å². The van der Waals surface area contributed by atoms with Crippen molar-refractivity contribution in [3.63, 3.8) is 0 Å². The summed E-state index contributed by atoms with van der Waals surface area (Å²) in [5, 5.41) is 6.61. The number of rotatable bonds is 5. The first-order valence-corrected chi connectivity index (χ1v) is 8.69. The molecule has 1 aromatic carbocycles. The zero-order valence-corrected chi connectivity index (χ0v) is 14.9. The van der Waals surface area contributed by atoms with Crippen LogP contribution in [0.15, 0.2) is 18.2 Å². The molecule has 0 saturated heterocycles. The van der Waals surface area contributed by atoms with E-state index in [-0.39, 0.29) is 23.8 Å². The minimum absolute atomic E-state index is 0.0210. The van der Waals surface area contributed by atoms with Crippen LogP contribution in [-0.4, -0.2) is 17.9 Å². The highest BCUT2D eigenvalue weighted by Gasteiger charge is 2.26. The zero-order valence-electron chi connectivity index (χ0n) is 13.4. The Hall–Kier alpha value is -1.26. The van der Waals surface area contributed by atoms with Gasteiger partial charge < -0.3 is 10.6 Å². The maximum Gasteiger partial charge on any atom is 0.242 e. The van der Waals surface area contributed by atoms with Gasteiger partial charge in [-0.15, -0.1) is 0 Å². The Morgan fingerprint density at radius 2 is 1.74 bits per heavy atom. The van der Waals surface area contributed by atoms with Gasteiger partial charge in [0, 0.05) is 5.92 Å². The molecule has 2 rings (SSSR count). The quantitative estimate of drug-likeness (QED) is 0.841. The van der Waals surface area contributed by atoms with Crippen LogP contribution in [0.1, 0.15) is 51.1 Å². The number of nitrogens with one attached hydrogen (secondary N) is 2. The number of hydrogen-bond acceptors (Lipinski definition) is 2. The Balaban J connectivity index is 1.89. The van der Waals surface area contributed by atoms with Crippen molar-refractivity contribution in [1.29, 1.82) is 0 Å². The summed E-state index contributed by atoms with van der Waals surface area (Å²) >= 11 is 11.9. The molecule has 126 valence electrons. The fraction of sp³-hybridized carbons (Fsp3) is 0.529. The van der Waals surface area contributed by atoms with Gasteiger partial charge in [-0.25, -0.2) is 0 Å². The van der Waals surface area contributed by atoms with Gasteiger partial charge in [-0.1, -0.05) is 42.1 Å². The smallest absolute Gasteiger partial charge is 0.242 e. The SMILES string of the molecule is C[C@H](NC(=O)C1CCCC1)C(=O)N[C@H](C)c1ccc(Cl)c(Cl)c1. The standard InChI is InChI=1S/C17H22Cl2N2O2/c1-10(13-7-8-14(18)15(19)9-13)20-16(22)11(2)21-17(23)12-5-3-4-6-12/h7-12H,3-6H2,1-2H3,(H,20,22)(H,21,23)/t10-,11+/m1/s1. The second kappa shape index (κ2) is 8.02.